The first-order valence-electron chi connectivity index (χ1n) is 10.1. The molecule has 0 aromatic rings. The van der Waals surface area contributed by atoms with Crippen molar-refractivity contribution in [1.82, 2.24) is 14.7 Å². The first-order valence-corrected chi connectivity index (χ1v) is 10.1. The van der Waals surface area contributed by atoms with Gasteiger partial charge in [0, 0.05) is 19.5 Å². The molecule has 1 N–H and O–H groups in total. The number of carbonyl (C=O) groups is 1. The van der Waals surface area contributed by atoms with Gasteiger partial charge >= 0.3 is 0 Å². The SMILES string of the molecule is O=C(CCCN1CCCCCC1)N1CCC(O)(CN2CCCC2)C1. The molecule has 5 heteroatoms. The predicted octanol–water partition coefficient (Wildman–Crippen LogP) is 1.70. The molecule has 3 fully saturated rings. The van der Waals surface area contributed by atoms with Crippen molar-refractivity contribution >= 4 is 5.91 Å². The van der Waals surface area contributed by atoms with Crippen LogP contribution in [0.2, 0.25) is 0 Å². The summed E-state index contributed by atoms with van der Waals surface area (Å²) in [6.45, 7) is 7.67. The molecule has 0 aliphatic carbocycles. The van der Waals surface area contributed by atoms with Crippen LogP contribution in [0.1, 0.15) is 57.8 Å². The first-order chi connectivity index (χ1) is 11.6. The second kappa shape index (κ2) is 8.63. The lowest BCUT2D eigenvalue weighted by Crippen LogP contribution is -2.45. The van der Waals surface area contributed by atoms with Crippen LogP contribution in [0.25, 0.3) is 0 Å². The van der Waals surface area contributed by atoms with Crippen molar-refractivity contribution < 1.29 is 9.90 Å². The van der Waals surface area contributed by atoms with Crippen molar-refractivity contribution in [2.45, 2.75) is 63.4 Å². The second-order valence-electron chi connectivity index (χ2n) is 8.13. The van der Waals surface area contributed by atoms with Gasteiger partial charge in [0.1, 0.15) is 0 Å². The van der Waals surface area contributed by atoms with E-state index in [-0.39, 0.29) is 5.91 Å². The second-order valence-corrected chi connectivity index (χ2v) is 8.13. The van der Waals surface area contributed by atoms with Crippen molar-refractivity contribution in [3.63, 3.8) is 0 Å². The van der Waals surface area contributed by atoms with Crippen LogP contribution < -0.4 is 0 Å². The molecule has 24 heavy (non-hydrogen) atoms. The summed E-state index contributed by atoms with van der Waals surface area (Å²) in [6.07, 6.45) is 10.2. The van der Waals surface area contributed by atoms with Gasteiger partial charge in [-0.3, -0.25) is 4.79 Å². The van der Waals surface area contributed by atoms with E-state index in [1.807, 2.05) is 4.90 Å². The lowest BCUT2D eigenvalue weighted by molar-refractivity contribution is -0.131. The molecule has 0 bridgehead atoms. The van der Waals surface area contributed by atoms with Gasteiger partial charge in [0.2, 0.25) is 5.91 Å². The normalized spacial score (nSPS) is 30.0. The number of likely N-dealkylation sites (tertiary alicyclic amines) is 3. The topological polar surface area (TPSA) is 47.0 Å². The lowest BCUT2D eigenvalue weighted by Gasteiger charge is -2.28. The van der Waals surface area contributed by atoms with Crippen molar-refractivity contribution in [2.24, 2.45) is 0 Å². The molecule has 0 aromatic carbocycles. The molecule has 3 heterocycles. The minimum Gasteiger partial charge on any atom is -0.387 e. The van der Waals surface area contributed by atoms with Crippen LogP contribution in [-0.4, -0.2) is 83.7 Å². The number of β-amino-alcohol motifs (C(OH)–C–C–N with tert-alkyl or cyclic N) is 1. The average molecular weight is 338 g/mol. The molecule has 3 saturated heterocycles. The zero-order chi connectivity index (χ0) is 16.8. The number of hydrogen-bond acceptors (Lipinski definition) is 4. The van der Waals surface area contributed by atoms with Crippen LogP contribution >= 0.6 is 0 Å². The van der Waals surface area contributed by atoms with Crippen molar-refractivity contribution in [2.75, 3.05) is 52.4 Å². The number of hydrogen-bond donors (Lipinski definition) is 1. The zero-order valence-corrected chi connectivity index (χ0v) is 15.2. The Balaban J connectivity index is 1.36. The van der Waals surface area contributed by atoms with Gasteiger partial charge in [-0.15, -0.1) is 0 Å². The fourth-order valence-electron chi connectivity index (χ4n) is 4.53. The summed E-state index contributed by atoms with van der Waals surface area (Å²) in [5, 5.41) is 10.8. The highest BCUT2D eigenvalue weighted by molar-refractivity contribution is 5.76. The Kier molecular flexibility index (Phi) is 6.53. The maximum absolute atomic E-state index is 12.5. The Labute approximate surface area is 147 Å². The van der Waals surface area contributed by atoms with Crippen LogP contribution in [0.15, 0.2) is 0 Å². The summed E-state index contributed by atoms with van der Waals surface area (Å²) < 4.78 is 0. The van der Waals surface area contributed by atoms with Crippen LogP contribution in [0.4, 0.5) is 0 Å². The predicted molar refractivity (Wildman–Crippen MR) is 96.0 cm³/mol. The van der Waals surface area contributed by atoms with Gasteiger partial charge in [0.15, 0.2) is 0 Å². The van der Waals surface area contributed by atoms with Crippen molar-refractivity contribution in [1.29, 1.82) is 0 Å². The fraction of sp³-hybridized carbons (Fsp3) is 0.947. The van der Waals surface area contributed by atoms with Crippen molar-refractivity contribution in [3.8, 4) is 0 Å². The molecule has 1 unspecified atom stereocenters. The van der Waals surface area contributed by atoms with Gasteiger partial charge in [0.25, 0.3) is 0 Å². The van der Waals surface area contributed by atoms with Gasteiger partial charge in [-0.2, -0.15) is 0 Å². The van der Waals surface area contributed by atoms with E-state index in [2.05, 4.69) is 9.80 Å². The highest BCUT2D eigenvalue weighted by atomic mass is 16.3. The van der Waals surface area contributed by atoms with Gasteiger partial charge in [0.05, 0.1) is 12.1 Å². The standard InChI is InChI=1S/C19H35N3O2/c23-18(8-7-14-20-10-3-1-2-4-11-20)22-15-9-19(24,17-22)16-21-12-5-6-13-21/h24H,1-17H2. The Hall–Kier alpha value is -0.650. The highest BCUT2D eigenvalue weighted by Gasteiger charge is 2.39. The maximum atomic E-state index is 12.5. The molecular formula is C19H35N3O2. The third kappa shape index (κ3) is 5.17. The Bertz CT molecular complexity index is 403. The van der Waals surface area contributed by atoms with Gasteiger partial charge < -0.3 is 19.8 Å². The van der Waals surface area contributed by atoms with E-state index >= 15 is 0 Å². The molecule has 0 radical (unpaired) electrons. The number of rotatable bonds is 6. The Morgan fingerprint density at radius 1 is 0.875 bits per heavy atom. The summed E-state index contributed by atoms with van der Waals surface area (Å²) in [6, 6.07) is 0. The summed E-state index contributed by atoms with van der Waals surface area (Å²) in [5.41, 5.74) is -0.676. The number of nitrogens with zero attached hydrogens (tertiary/aromatic N) is 3. The minimum atomic E-state index is -0.676. The molecule has 3 rings (SSSR count). The number of carbonyl (C=O) groups excluding carboxylic acids is 1. The van der Waals surface area contributed by atoms with Gasteiger partial charge in [-0.25, -0.2) is 0 Å². The molecule has 138 valence electrons. The van der Waals surface area contributed by atoms with Crippen LogP contribution in [0, 0.1) is 0 Å². The van der Waals surface area contributed by atoms with E-state index in [0.717, 1.165) is 45.6 Å². The molecular weight excluding hydrogens is 302 g/mol. The molecule has 5 nitrogen and oxygen atoms in total. The molecule has 0 spiro atoms. The van der Waals surface area contributed by atoms with Crippen molar-refractivity contribution in [3.05, 3.63) is 0 Å². The third-order valence-corrected chi connectivity index (χ3v) is 5.97. The van der Waals surface area contributed by atoms with Crippen LogP contribution in [0.3, 0.4) is 0 Å². The highest BCUT2D eigenvalue weighted by Crippen LogP contribution is 2.25. The minimum absolute atomic E-state index is 0.238. The molecule has 1 amide bonds. The fourth-order valence-corrected chi connectivity index (χ4v) is 4.53. The molecule has 3 aliphatic rings. The maximum Gasteiger partial charge on any atom is 0.222 e. The summed E-state index contributed by atoms with van der Waals surface area (Å²) in [4.78, 5) is 19.2. The van der Waals surface area contributed by atoms with Crippen LogP contribution in [-0.2, 0) is 4.79 Å². The van der Waals surface area contributed by atoms with Gasteiger partial charge in [-0.05, 0) is 71.2 Å². The lowest BCUT2D eigenvalue weighted by atomic mass is 10.0. The van der Waals surface area contributed by atoms with E-state index < -0.39 is 5.60 Å². The molecule has 1 atom stereocenters. The monoisotopic (exact) mass is 337 g/mol. The van der Waals surface area contributed by atoms with E-state index in [1.165, 1.54) is 51.6 Å². The number of amides is 1. The number of aliphatic hydroxyl groups is 1. The van der Waals surface area contributed by atoms with E-state index in [9.17, 15) is 9.90 Å². The summed E-state index contributed by atoms with van der Waals surface area (Å²) in [5.74, 6) is 0.238. The van der Waals surface area contributed by atoms with Crippen LogP contribution in [0.5, 0.6) is 0 Å². The Morgan fingerprint density at radius 2 is 1.50 bits per heavy atom. The van der Waals surface area contributed by atoms with E-state index in [1.54, 1.807) is 0 Å². The van der Waals surface area contributed by atoms with E-state index in [0.29, 0.717) is 13.0 Å². The molecule has 0 aromatic heterocycles. The molecule has 0 saturated carbocycles. The first kappa shape index (κ1) is 18.2. The quantitative estimate of drug-likeness (QED) is 0.801. The van der Waals surface area contributed by atoms with Gasteiger partial charge in [-0.1, -0.05) is 12.8 Å². The summed E-state index contributed by atoms with van der Waals surface area (Å²) >= 11 is 0. The Morgan fingerprint density at radius 3 is 2.21 bits per heavy atom. The zero-order valence-electron chi connectivity index (χ0n) is 15.2. The van der Waals surface area contributed by atoms with E-state index in [4.69, 9.17) is 0 Å². The summed E-state index contributed by atoms with van der Waals surface area (Å²) in [7, 11) is 0. The smallest absolute Gasteiger partial charge is 0.222 e. The third-order valence-electron chi connectivity index (χ3n) is 5.97. The molecule has 3 aliphatic heterocycles. The average Bonchev–Trinajstić information content (AvgIpc) is 3.12. The largest absolute Gasteiger partial charge is 0.387 e.